The van der Waals surface area contributed by atoms with Crippen LogP contribution in [0.4, 0.5) is 5.69 Å². The Kier molecular flexibility index (Phi) is 7.42. The molecule has 1 heterocycles. The van der Waals surface area contributed by atoms with Crippen LogP contribution in [-0.2, 0) is 20.0 Å². The number of ether oxygens (including phenoxy) is 1. The average Bonchev–Trinajstić information content (AvgIpc) is 3.28. The Balaban J connectivity index is 1.51. The van der Waals surface area contributed by atoms with E-state index in [-0.39, 0.29) is 24.0 Å². The third-order valence-electron chi connectivity index (χ3n) is 4.98. The SMILES string of the molecule is Cc1ccc(C(=O)NCCOc2ccc(S(=O)(=O)N3CCCC3)cc2)cc1NS(C)(=O)=O. The molecule has 1 amide bonds. The molecular weight excluding hydrogens is 454 g/mol. The second kappa shape index (κ2) is 9.88. The lowest BCUT2D eigenvalue weighted by Gasteiger charge is -2.15. The molecule has 0 bridgehead atoms. The summed E-state index contributed by atoms with van der Waals surface area (Å²) in [6.07, 6.45) is 2.80. The van der Waals surface area contributed by atoms with Gasteiger partial charge in [0, 0.05) is 18.7 Å². The number of nitrogens with one attached hydrogen (secondary N) is 2. The fourth-order valence-electron chi connectivity index (χ4n) is 3.29. The van der Waals surface area contributed by atoms with Gasteiger partial charge < -0.3 is 10.1 Å². The van der Waals surface area contributed by atoms with E-state index in [1.165, 1.54) is 22.5 Å². The number of carbonyl (C=O) groups is 1. The molecule has 0 radical (unpaired) electrons. The topological polar surface area (TPSA) is 122 Å². The van der Waals surface area contributed by atoms with Gasteiger partial charge in [-0.1, -0.05) is 6.07 Å². The number of carbonyl (C=O) groups excluding carboxylic acids is 1. The van der Waals surface area contributed by atoms with Gasteiger partial charge in [0.2, 0.25) is 20.0 Å². The highest BCUT2D eigenvalue weighted by Gasteiger charge is 2.26. The molecule has 0 atom stereocenters. The van der Waals surface area contributed by atoms with Crippen LogP contribution in [0.5, 0.6) is 5.75 Å². The van der Waals surface area contributed by atoms with E-state index in [0.29, 0.717) is 35.7 Å². The van der Waals surface area contributed by atoms with Crippen molar-refractivity contribution in [3.05, 3.63) is 53.6 Å². The van der Waals surface area contributed by atoms with Crippen LogP contribution in [0.1, 0.15) is 28.8 Å². The molecule has 32 heavy (non-hydrogen) atoms. The van der Waals surface area contributed by atoms with Crippen molar-refractivity contribution < 1.29 is 26.4 Å². The molecular formula is C21H27N3O6S2. The fraction of sp³-hybridized carbons (Fsp3) is 0.381. The van der Waals surface area contributed by atoms with Crippen LogP contribution in [0.15, 0.2) is 47.4 Å². The summed E-state index contributed by atoms with van der Waals surface area (Å²) in [5.74, 6) is 0.131. The number of amides is 1. The van der Waals surface area contributed by atoms with Crippen molar-refractivity contribution in [2.24, 2.45) is 0 Å². The molecule has 0 aliphatic carbocycles. The summed E-state index contributed by atoms with van der Waals surface area (Å²) in [5.41, 5.74) is 1.36. The van der Waals surface area contributed by atoms with E-state index in [0.717, 1.165) is 19.1 Å². The van der Waals surface area contributed by atoms with Crippen molar-refractivity contribution in [3.63, 3.8) is 0 Å². The van der Waals surface area contributed by atoms with Gasteiger partial charge in [-0.2, -0.15) is 4.31 Å². The molecule has 11 heteroatoms. The van der Waals surface area contributed by atoms with Crippen LogP contribution in [-0.4, -0.2) is 59.5 Å². The lowest BCUT2D eigenvalue weighted by molar-refractivity contribution is 0.0947. The molecule has 3 rings (SSSR count). The van der Waals surface area contributed by atoms with Crippen molar-refractivity contribution in [1.82, 2.24) is 9.62 Å². The van der Waals surface area contributed by atoms with E-state index < -0.39 is 20.0 Å². The van der Waals surface area contributed by atoms with Gasteiger partial charge in [-0.25, -0.2) is 16.8 Å². The van der Waals surface area contributed by atoms with E-state index in [1.54, 1.807) is 31.2 Å². The minimum absolute atomic E-state index is 0.185. The average molecular weight is 482 g/mol. The van der Waals surface area contributed by atoms with Gasteiger partial charge in [-0.05, 0) is 61.7 Å². The standard InChI is InChI=1S/C21H27N3O6S2/c1-16-5-6-17(15-20(16)23-31(2,26)27)21(25)22-11-14-30-18-7-9-19(10-8-18)32(28,29)24-12-3-4-13-24/h5-10,15,23H,3-4,11-14H2,1-2H3,(H,22,25). The molecule has 1 aliphatic rings. The van der Waals surface area contributed by atoms with Crippen LogP contribution < -0.4 is 14.8 Å². The minimum Gasteiger partial charge on any atom is -0.492 e. The van der Waals surface area contributed by atoms with Crippen molar-refractivity contribution in [2.75, 3.05) is 37.2 Å². The maximum atomic E-state index is 12.5. The number of aryl methyl sites for hydroxylation is 1. The predicted molar refractivity (Wildman–Crippen MR) is 122 cm³/mol. The molecule has 1 fully saturated rings. The number of sulfonamides is 2. The summed E-state index contributed by atoms with van der Waals surface area (Å²) >= 11 is 0. The van der Waals surface area contributed by atoms with Crippen LogP contribution in [0.25, 0.3) is 0 Å². The molecule has 0 saturated carbocycles. The first-order valence-electron chi connectivity index (χ1n) is 10.2. The number of rotatable bonds is 9. The van der Waals surface area contributed by atoms with E-state index in [1.807, 2.05) is 0 Å². The normalized spacial score (nSPS) is 14.8. The number of hydrogen-bond donors (Lipinski definition) is 2. The molecule has 0 spiro atoms. The monoisotopic (exact) mass is 481 g/mol. The minimum atomic E-state index is -3.46. The highest BCUT2D eigenvalue weighted by molar-refractivity contribution is 7.92. The Bertz CT molecular complexity index is 1170. The number of benzene rings is 2. The summed E-state index contributed by atoms with van der Waals surface area (Å²) in [4.78, 5) is 12.6. The molecule has 174 valence electrons. The zero-order chi connectivity index (χ0) is 23.4. The van der Waals surface area contributed by atoms with Crippen molar-refractivity contribution >= 4 is 31.6 Å². The molecule has 2 aromatic rings. The van der Waals surface area contributed by atoms with E-state index >= 15 is 0 Å². The van der Waals surface area contributed by atoms with Crippen LogP contribution in [0.3, 0.4) is 0 Å². The highest BCUT2D eigenvalue weighted by Crippen LogP contribution is 2.23. The lowest BCUT2D eigenvalue weighted by atomic mass is 10.1. The first kappa shape index (κ1) is 24.0. The fourth-order valence-corrected chi connectivity index (χ4v) is 5.43. The molecule has 1 aliphatic heterocycles. The van der Waals surface area contributed by atoms with Crippen molar-refractivity contribution in [2.45, 2.75) is 24.7 Å². The van der Waals surface area contributed by atoms with Crippen LogP contribution >= 0.6 is 0 Å². The Labute approximate surface area is 188 Å². The number of nitrogens with zero attached hydrogens (tertiary/aromatic N) is 1. The maximum Gasteiger partial charge on any atom is 0.251 e. The number of anilines is 1. The van der Waals surface area contributed by atoms with Gasteiger partial charge >= 0.3 is 0 Å². The van der Waals surface area contributed by atoms with E-state index in [2.05, 4.69) is 10.0 Å². The zero-order valence-corrected chi connectivity index (χ0v) is 19.6. The van der Waals surface area contributed by atoms with Crippen molar-refractivity contribution in [3.8, 4) is 5.75 Å². The predicted octanol–water partition coefficient (Wildman–Crippen LogP) is 1.96. The lowest BCUT2D eigenvalue weighted by Crippen LogP contribution is -2.28. The third-order valence-corrected chi connectivity index (χ3v) is 7.48. The second-order valence-corrected chi connectivity index (χ2v) is 11.3. The van der Waals surface area contributed by atoms with Crippen LogP contribution in [0.2, 0.25) is 0 Å². The molecule has 1 saturated heterocycles. The summed E-state index contributed by atoms with van der Waals surface area (Å²) in [7, 11) is -6.92. The first-order chi connectivity index (χ1) is 15.1. The molecule has 9 nitrogen and oxygen atoms in total. The highest BCUT2D eigenvalue weighted by atomic mass is 32.2. The summed E-state index contributed by atoms with van der Waals surface area (Å²) < 4.78 is 57.4. The maximum absolute atomic E-state index is 12.5. The summed E-state index contributed by atoms with van der Waals surface area (Å²) in [5, 5.41) is 2.71. The van der Waals surface area contributed by atoms with Gasteiger partial charge in [-0.15, -0.1) is 0 Å². The molecule has 2 aromatic carbocycles. The smallest absolute Gasteiger partial charge is 0.251 e. The Morgan fingerprint density at radius 2 is 1.69 bits per heavy atom. The first-order valence-corrected chi connectivity index (χ1v) is 13.5. The number of hydrogen-bond acceptors (Lipinski definition) is 6. The van der Waals surface area contributed by atoms with E-state index in [9.17, 15) is 21.6 Å². The summed E-state index contributed by atoms with van der Waals surface area (Å²) in [6.45, 7) is 3.24. The quantitative estimate of drug-likeness (QED) is 0.528. The third kappa shape index (κ3) is 6.21. The largest absolute Gasteiger partial charge is 0.492 e. The summed E-state index contributed by atoms with van der Waals surface area (Å²) in [6, 6.07) is 11.0. The van der Waals surface area contributed by atoms with Crippen LogP contribution in [0, 0.1) is 6.92 Å². The van der Waals surface area contributed by atoms with Gasteiger partial charge in [-0.3, -0.25) is 9.52 Å². The molecule has 0 unspecified atom stereocenters. The Hall–Kier alpha value is -2.63. The molecule has 0 aromatic heterocycles. The zero-order valence-electron chi connectivity index (χ0n) is 18.0. The van der Waals surface area contributed by atoms with Gasteiger partial charge in [0.05, 0.1) is 23.4 Å². The molecule has 2 N–H and O–H groups in total. The van der Waals surface area contributed by atoms with Gasteiger partial charge in [0.1, 0.15) is 12.4 Å². The Morgan fingerprint density at radius 3 is 2.31 bits per heavy atom. The van der Waals surface area contributed by atoms with E-state index in [4.69, 9.17) is 4.74 Å². The van der Waals surface area contributed by atoms with Crippen molar-refractivity contribution in [1.29, 1.82) is 0 Å². The Morgan fingerprint density at radius 1 is 1.03 bits per heavy atom. The van der Waals surface area contributed by atoms with Gasteiger partial charge in [0.25, 0.3) is 5.91 Å². The second-order valence-electron chi connectivity index (χ2n) is 7.59. The van der Waals surface area contributed by atoms with Gasteiger partial charge in [0.15, 0.2) is 0 Å².